The average molecular weight is 326 g/mol. The Bertz CT molecular complexity index is 408. The minimum absolute atomic E-state index is 0.687. The molecule has 0 amide bonds. The van der Waals surface area contributed by atoms with E-state index in [1.165, 1.54) is 31.4 Å². The van der Waals surface area contributed by atoms with E-state index in [0.29, 0.717) is 6.04 Å². The fraction of sp³-hybridized carbons (Fsp3) is 0.625. The van der Waals surface area contributed by atoms with Crippen LogP contribution < -0.4 is 10.1 Å². The Kier molecular flexibility index (Phi) is 5.71. The molecule has 1 N–H and O–H groups in total. The van der Waals surface area contributed by atoms with Crippen LogP contribution in [-0.4, -0.2) is 19.2 Å². The van der Waals surface area contributed by atoms with Gasteiger partial charge in [0, 0.05) is 16.1 Å². The van der Waals surface area contributed by atoms with Crippen LogP contribution in [-0.2, 0) is 0 Å². The molecule has 0 radical (unpaired) electrons. The van der Waals surface area contributed by atoms with Gasteiger partial charge in [0.2, 0.25) is 0 Å². The van der Waals surface area contributed by atoms with Crippen LogP contribution in [0.5, 0.6) is 5.75 Å². The maximum atomic E-state index is 5.89. The van der Waals surface area contributed by atoms with Crippen LogP contribution in [0.2, 0.25) is 0 Å². The summed E-state index contributed by atoms with van der Waals surface area (Å²) in [6, 6.07) is 6.82. The van der Waals surface area contributed by atoms with E-state index in [2.05, 4.69) is 41.2 Å². The fourth-order valence-corrected chi connectivity index (χ4v) is 3.14. The third-order valence-electron chi connectivity index (χ3n) is 3.96. The van der Waals surface area contributed by atoms with Crippen LogP contribution >= 0.6 is 15.9 Å². The molecule has 19 heavy (non-hydrogen) atoms. The Labute approximate surface area is 125 Å². The molecule has 1 fully saturated rings. The summed E-state index contributed by atoms with van der Waals surface area (Å²) in [5, 5.41) is 3.51. The lowest BCUT2D eigenvalue weighted by molar-refractivity contribution is 0.255. The zero-order chi connectivity index (χ0) is 13.7. The van der Waals surface area contributed by atoms with Gasteiger partial charge in [-0.2, -0.15) is 0 Å². The van der Waals surface area contributed by atoms with Crippen LogP contribution in [0.25, 0.3) is 0 Å². The van der Waals surface area contributed by atoms with Crippen molar-refractivity contribution in [1.29, 1.82) is 0 Å². The van der Waals surface area contributed by atoms with Gasteiger partial charge >= 0.3 is 0 Å². The van der Waals surface area contributed by atoms with Gasteiger partial charge in [-0.1, -0.05) is 22.0 Å². The summed E-state index contributed by atoms with van der Waals surface area (Å²) in [6.45, 7) is 6.38. The predicted molar refractivity (Wildman–Crippen MR) is 83.8 cm³/mol. The lowest BCUT2D eigenvalue weighted by Gasteiger charge is -2.27. The van der Waals surface area contributed by atoms with Crippen molar-refractivity contribution < 1.29 is 4.74 Å². The van der Waals surface area contributed by atoms with Crippen molar-refractivity contribution in [3.05, 3.63) is 28.2 Å². The van der Waals surface area contributed by atoms with Gasteiger partial charge in [0.15, 0.2) is 0 Å². The molecule has 0 aliphatic carbocycles. The molecule has 3 heteroatoms. The summed E-state index contributed by atoms with van der Waals surface area (Å²) >= 11 is 3.54. The standard InChI is InChI=1S/C16H24BrNO/c1-12-11-14(8-9-18-12)5-4-10-19-16-7-3-6-15(17)13(16)2/h3,6-7,12,14,18H,4-5,8-11H2,1-2H3/t12-,14-/m1/s1. The first kappa shape index (κ1) is 14.9. The Morgan fingerprint density at radius 3 is 3.05 bits per heavy atom. The van der Waals surface area contributed by atoms with Crippen molar-refractivity contribution in [2.24, 2.45) is 5.92 Å². The van der Waals surface area contributed by atoms with Gasteiger partial charge < -0.3 is 10.1 Å². The van der Waals surface area contributed by atoms with E-state index in [0.717, 1.165) is 29.2 Å². The van der Waals surface area contributed by atoms with E-state index in [1.54, 1.807) is 0 Å². The molecule has 0 spiro atoms. The normalized spacial score (nSPS) is 23.3. The first-order valence-corrected chi connectivity index (χ1v) is 8.07. The molecule has 0 saturated carbocycles. The summed E-state index contributed by atoms with van der Waals surface area (Å²) in [4.78, 5) is 0. The number of nitrogens with one attached hydrogen (secondary N) is 1. The van der Waals surface area contributed by atoms with E-state index in [4.69, 9.17) is 4.74 Å². The predicted octanol–water partition coefficient (Wildman–Crippen LogP) is 4.30. The molecule has 106 valence electrons. The second-order valence-electron chi connectivity index (χ2n) is 5.60. The summed E-state index contributed by atoms with van der Waals surface area (Å²) < 4.78 is 7.01. The molecule has 2 atom stereocenters. The highest BCUT2D eigenvalue weighted by Gasteiger charge is 2.17. The zero-order valence-electron chi connectivity index (χ0n) is 11.9. The molecule has 1 aromatic carbocycles. The SMILES string of the molecule is Cc1c(Br)cccc1OCCC[C@@H]1CCN[C@H](C)C1. The molecule has 2 nitrogen and oxygen atoms in total. The monoisotopic (exact) mass is 325 g/mol. The second-order valence-corrected chi connectivity index (χ2v) is 6.45. The Morgan fingerprint density at radius 2 is 2.26 bits per heavy atom. The van der Waals surface area contributed by atoms with E-state index >= 15 is 0 Å². The van der Waals surface area contributed by atoms with Gasteiger partial charge in [0.25, 0.3) is 0 Å². The van der Waals surface area contributed by atoms with Crippen LogP contribution in [0.4, 0.5) is 0 Å². The molecule has 1 aliphatic rings. The van der Waals surface area contributed by atoms with E-state index in [-0.39, 0.29) is 0 Å². The van der Waals surface area contributed by atoms with E-state index in [1.807, 2.05) is 12.1 Å². The summed E-state index contributed by atoms with van der Waals surface area (Å²) in [6.07, 6.45) is 5.08. The number of piperidine rings is 1. The summed E-state index contributed by atoms with van der Waals surface area (Å²) in [5.41, 5.74) is 1.19. The molecule has 1 heterocycles. The van der Waals surface area contributed by atoms with E-state index in [9.17, 15) is 0 Å². The molecule has 0 aromatic heterocycles. The third kappa shape index (κ3) is 4.50. The largest absolute Gasteiger partial charge is 0.493 e. The topological polar surface area (TPSA) is 21.3 Å². The van der Waals surface area contributed by atoms with Crippen LogP contribution in [0.3, 0.4) is 0 Å². The minimum Gasteiger partial charge on any atom is -0.493 e. The molecule has 0 unspecified atom stereocenters. The maximum absolute atomic E-state index is 5.89. The quantitative estimate of drug-likeness (QED) is 0.815. The van der Waals surface area contributed by atoms with Gasteiger partial charge in [-0.3, -0.25) is 0 Å². The lowest BCUT2D eigenvalue weighted by Crippen LogP contribution is -2.35. The molecule has 1 saturated heterocycles. The molecular formula is C16H24BrNO. The Morgan fingerprint density at radius 1 is 1.42 bits per heavy atom. The summed E-state index contributed by atoms with van der Waals surface area (Å²) in [5.74, 6) is 1.89. The van der Waals surface area contributed by atoms with Crippen LogP contribution in [0, 0.1) is 12.8 Å². The molecule has 1 aliphatic heterocycles. The smallest absolute Gasteiger partial charge is 0.123 e. The highest BCUT2D eigenvalue weighted by molar-refractivity contribution is 9.10. The van der Waals surface area contributed by atoms with Crippen LogP contribution in [0.1, 0.15) is 38.2 Å². The molecule has 1 aromatic rings. The van der Waals surface area contributed by atoms with Crippen molar-refractivity contribution in [1.82, 2.24) is 5.32 Å². The van der Waals surface area contributed by atoms with Gasteiger partial charge in [-0.25, -0.2) is 0 Å². The number of halogens is 1. The van der Waals surface area contributed by atoms with Crippen LogP contribution in [0.15, 0.2) is 22.7 Å². The number of ether oxygens (including phenoxy) is 1. The first-order valence-electron chi connectivity index (χ1n) is 7.28. The van der Waals surface area contributed by atoms with Crippen molar-refractivity contribution in [2.75, 3.05) is 13.2 Å². The molecule has 0 bridgehead atoms. The Hall–Kier alpha value is -0.540. The third-order valence-corrected chi connectivity index (χ3v) is 4.82. The first-order chi connectivity index (χ1) is 9.16. The molecule has 2 rings (SSSR count). The average Bonchev–Trinajstić information content (AvgIpc) is 2.39. The highest BCUT2D eigenvalue weighted by atomic mass is 79.9. The number of rotatable bonds is 5. The minimum atomic E-state index is 0.687. The van der Waals surface area contributed by atoms with Gasteiger partial charge in [0.1, 0.15) is 5.75 Å². The highest BCUT2D eigenvalue weighted by Crippen LogP contribution is 2.26. The zero-order valence-corrected chi connectivity index (χ0v) is 13.5. The van der Waals surface area contributed by atoms with Crippen molar-refractivity contribution in [3.8, 4) is 5.75 Å². The van der Waals surface area contributed by atoms with Gasteiger partial charge in [-0.15, -0.1) is 0 Å². The second kappa shape index (κ2) is 7.30. The van der Waals surface area contributed by atoms with Crippen molar-refractivity contribution in [3.63, 3.8) is 0 Å². The molecular weight excluding hydrogens is 302 g/mol. The summed E-state index contributed by atoms with van der Waals surface area (Å²) in [7, 11) is 0. The number of hydrogen-bond acceptors (Lipinski definition) is 2. The fourth-order valence-electron chi connectivity index (χ4n) is 2.80. The maximum Gasteiger partial charge on any atom is 0.123 e. The van der Waals surface area contributed by atoms with Crippen molar-refractivity contribution in [2.45, 2.75) is 45.6 Å². The Balaban J connectivity index is 1.70. The van der Waals surface area contributed by atoms with Gasteiger partial charge in [-0.05, 0) is 64.1 Å². The number of hydrogen-bond donors (Lipinski definition) is 1. The van der Waals surface area contributed by atoms with Crippen molar-refractivity contribution >= 4 is 15.9 Å². The lowest BCUT2D eigenvalue weighted by atomic mass is 9.89. The van der Waals surface area contributed by atoms with E-state index < -0.39 is 0 Å². The van der Waals surface area contributed by atoms with Gasteiger partial charge in [0.05, 0.1) is 6.61 Å². The number of benzene rings is 1.